The second-order valence-corrected chi connectivity index (χ2v) is 5.32. The summed E-state index contributed by atoms with van der Waals surface area (Å²) in [6.45, 7) is 1.34. The average molecular weight is 346 g/mol. The van der Waals surface area contributed by atoms with Gasteiger partial charge in [0.1, 0.15) is 11.6 Å². The molecule has 2 atom stereocenters. The second kappa shape index (κ2) is 7.51. The lowest BCUT2D eigenvalue weighted by Gasteiger charge is -2.22. The van der Waals surface area contributed by atoms with Gasteiger partial charge in [0.2, 0.25) is 5.91 Å². The highest BCUT2D eigenvalue weighted by Gasteiger charge is 2.22. The maximum Gasteiger partial charge on any atom is 0.278 e. The molecule has 1 aromatic heterocycles. The average Bonchev–Trinajstić information content (AvgIpc) is 2.58. The molecule has 0 fully saturated rings. The van der Waals surface area contributed by atoms with E-state index in [4.69, 9.17) is 0 Å². The summed E-state index contributed by atoms with van der Waals surface area (Å²) < 4.78 is 0.822. The summed E-state index contributed by atoms with van der Waals surface area (Å²) in [5.41, 5.74) is -0.203. The molecule has 0 radical (unpaired) electrons. The SMILES string of the molecule is C[C@@H](C(=O)N[C@@H](CCC(=O)[O-])C(=O)[O-])n1nnc2ccccc2c1=O. The van der Waals surface area contributed by atoms with Gasteiger partial charge in [-0.15, -0.1) is 5.10 Å². The molecule has 0 saturated heterocycles. The van der Waals surface area contributed by atoms with Gasteiger partial charge in [-0.05, 0) is 31.9 Å². The number of nitrogens with one attached hydrogen (secondary N) is 1. The molecular weight excluding hydrogens is 332 g/mol. The molecular formula is C15H14N4O6-2. The first-order valence-electron chi connectivity index (χ1n) is 7.36. The van der Waals surface area contributed by atoms with Crippen LogP contribution in [0.4, 0.5) is 0 Å². The monoisotopic (exact) mass is 346 g/mol. The number of carbonyl (C=O) groups is 3. The van der Waals surface area contributed by atoms with Crippen molar-refractivity contribution in [2.75, 3.05) is 0 Å². The summed E-state index contributed by atoms with van der Waals surface area (Å²) >= 11 is 0. The van der Waals surface area contributed by atoms with Gasteiger partial charge in [-0.25, -0.2) is 0 Å². The number of hydrogen-bond acceptors (Lipinski definition) is 8. The Balaban J connectivity index is 2.21. The Kier molecular flexibility index (Phi) is 5.42. The van der Waals surface area contributed by atoms with Gasteiger partial charge in [0, 0.05) is 5.97 Å². The molecule has 1 aromatic carbocycles. The van der Waals surface area contributed by atoms with Crippen molar-refractivity contribution in [2.45, 2.75) is 31.8 Å². The van der Waals surface area contributed by atoms with Crippen molar-refractivity contribution in [3.8, 4) is 0 Å². The van der Waals surface area contributed by atoms with Crippen molar-refractivity contribution in [3.05, 3.63) is 34.6 Å². The van der Waals surface area contributed by atoms with Gasteiger partial charge in [0.25, 0.3) is 5.56 Å². The minimum Gasteiger partial charge on any atom is -0.550 e. The zero-order valence-electron chi connectivity index (χ0n) is 13.2. The van der Waals surface area contributed by atoms with E-state index in [1.54, 1.807) is 18.2 Å². The van der Waals surface area contributed by atoms with Gasteiger partial charge in [-0.1, -0.05) is 17.3 Å². The van der Waals surface area contributed by atoms with Crippen molar-refractivity contribution in [2.24, 2.45) is 0 Å². The maximum atomic E-state index is 12.4. The van der Waals surface area contributed by atoms with Crippen molar-refractivity contribution in [1.29, 1.82) is 0 Å². The quantitative estimate of drug-likeness (QED) is 0.560. The number of amides is 1. The van der Waals surface area contributed by atoms with E-state index in [9.17, 15) is 29.4 Å². The van der Waals surface area contributed by atoms with Gasteiger partial charge in [-0.3, -0.25) is 9.59 Å². The lowest BCUT2D eigenvalue weighted by molar-refractivity contribution is -0.310. The van der Waals surface area contributed by atoms with Crippen molar-refractivity contribution < 1.29 is 24.6 Å². The van der Waals surface area contributed by atoms with E-state index < -0.39 is 48.3 Å². The molecule has 0 aliphatic heterocycles. The van der Waals surface area contributed by atoms with Gasteiger partial charge in [-0.2, -0.15) is 4.68 Å². The summed E-state index contributed by atoms with van der Waals surface area (Å²) in [5, 5.41) is 31.3. The van der Waals surface area contributed by atoms with Crippen LogP contribution in [0, 0.1) is 0 Å². The number of carboxylic acid groups (broad SMARTS) is 2. The fraction of sp³-hybridized carbons (Fsp3) is 0.333. The molecule has 2 rings (SSSR count). The fourth-order valence-electron chi connectivity index (χ4n) is 2.17. The largest absolute Gasteiger partial charge is 0.550 e. The predicted octanol–water partition coefficient (Wildman–Crippen LogP) is -2.88. The molecule has 0 saturated carbocycles. The van der Waals surface area contributed by atoms with Crippen molar-refractivity contribution >= 4 is 28.7 Å². The molecule has 10 heteroatoms. The minimum absolute atomic E-state index is 0.255. The van der Waals surface area contributed by atoms with Crippen LogP contribution in [0.2, 0.25) is 0 Å². The number of carbonyl (C=O) groups excluding carboxylic acids is 3. The van der Waals surface area contributed by atoms with Crippen molar-refractivity contribution in [3.63, 3.8) is 0 Å². The Morgan fingerprint density at radius 1 is 1.24 bits per heavy atom. The summed E-state index contributed by atoms with van der Waals surface area (Å²) in [6.07, 6.45) is -0.968. The van der Waals surface area contributed by atoms with Crippen LogP contribution >= 0.6 is 0 Å². The lowest BCUT2D eigenvalue weighted by Crippen LogP contribution is -2.50. The highest BCUT2D eigenvalue weighted by atomic mass is 16.4. The Labute approximate surface area is 141 Å². The van der Waals surface area contributed by atoms with E-state index in [0.717, 1.165) is 4.68 Å². The Morgan fingerprint density at radius 3 is 2.56 bits per heavy atom. The van der Waals surface area contributed by atoms with Crippen LogP contribution in [0.15, 0.2) is 29.1 Å². The van der Waals surface area contributed by atoms with Crippen LogP contribution in [0.5, 0.6) is 0 Å². The first kappa shape index (κ1) is 18.0. The van der Waals surface area contributed by atoms with Gasteiger partial charge < -0.3 is 25.1 Å². The fourth-order valence-corrected chi connectivity index (χ4v) is 2.17. The molecule has 0 unspecified atom stereocenters. The van der Waals surface area contributed by atoms with Crippen molar-refractivity contribution in [1.82, 2.24) is 20.3 Å². The molecule has 0 aliphatic rings. The van der Waals surface area contributed by atoms with E-state index in [-0.39, 0.29) is 5.39 Å². The molecule has 0 bridgehead atoms. The molecule has 2 aromatic rings. The zero-order chi connectivity index (χ0) is 18.6. The molecule has 0 aliphatic carbocycles. The minimum atomic E-state index is -1.64. The van der Waals surface area contributed by atoms with Crippen LogP contribution < -0.4 is 21.1 Å². The van der Waals surface area contributed by atoms with Gasteiger partial charge in [0.05, 0.1) is 17.4 Å². The molecule has 1 amide bonds. The number of benzene rings is 1. The normalized spacial score (nSPS) is 13.2. The van der Waals surface area contributed by atoms with Crippen LogP contribution in [-0.4, -0.2) is 38.9 Å². The third kappa shape index (κ3) is 4.16. The molecule has 1 heterocycles. The summed E-state index contributed by atoms with van der Waals surface area (Å²) in [7, 11) is 0. The van der Waals surface area contributed by atoms with Crippen LogP contribution in [0.1, 0.15) is 25.8 Å². The van der Waals surface area contributed by atoms with E-state index >= 15 is 0 Å². The molecule has 25 heavy (non-hydrogen) atoms. The first-order chi connectivity index (χ1) is 11.8. The Morgan fingerprint density at radius 2 is 1.92 bits per heavy atom. The standard InChI is InChI=1S/C15H16N4O6/c1-8(13(22)16-11(15(24)25)6-7-12(20)21)19-14(23)9-4-2-3-5-10(9)17-18-19/h2-5,8,11H,6-7H2,1H3,(H,16,22)(H,20,21)(H,24,25)/p-2/t8-,11-/m0/s1. The summed E-state index contributed by atoms with van der Waals surface area (Å²) in [5.74, 6) is -3.93. The highest BCUT2D eigenvalue weighted by Crippen LogP contribution is 2.07. The summed E-state index contributed by atoms with van der Waals surface area (Å²) in [4.78, 5) is 46.0. The molecule has 1 N–H and O–H groups in total. The summed E-state index contributed by atoms with van der Waals surface area (Å²) in [6, 6.07) is 3.74. The molecule has 0 spiro atoms. The van der Waals surface area contributed by atoms with Gasteiger partial charge in [0.15, 0.2) is 0 Å². The van der Waals surface area contributed by atoms with E-state index in [1.165, 1.54) is 13.0 Å². The number of carboxylic acids is 2. The number of fused-ring (bicyclic) bond motifs is 1. The number of aromatic nitrogens is 3. The van der Waals surface area contributed by atoms with E-state index in [1.807, 2.05) is 0 Å². The van der Waals surface area contributed by atoms with E-state index in [0.29, 0.717) is 5.52 Å². The van der Waals surface area contributed by atoms with Gasteiger partial charge >= 0.3 is 0 Å². The number of rotatable bonds is 7. The number of aliphatic carboxylic acids is 2. The zero-order valence-corrected chi connectivity index (χ0v) is 13.2. The topological polar surface area (TPSA) is 157 Å². The number of nitrogens with zero attached hydrogens (tertiary/aromatic N) is 3. The second-order valence-electron chi connectivity index (χ2n) is 5.32. The Bertz CT molecular complexity index is 878. The third-order valence-electron chi connectivity index (χ3n) is 3.58. The molecule has 132 valence electrons. The Hall–Kier alpha value is -3.30. The number of hydrogen-bond donors (Lipinski definition) is 1. The van der Waals surface area contributed by atoms with E-state index in [2.05, 4.69) is 15.6 Å². The van der Waals surface area contributed by atoms with Crippen LogP contribution in [0.3, 0.4) is 0 Å². The third-order valence-corrected chi connectivity index (χ3v) is 3.58. The van der Waals surface area contributed by atoms with Crippen LogP contribution in [-0.2, 0) is 14.4 Å². The predicted molar refractivity (Wildman–Crippen MR) is 79.7 cm³/mol. The highest BCUT2D eigenvalue weighted by molar-refractivity contribution is 5.85. The lowest BCUT2D eigenvalue weighted by atomic mass is 10.1. The molecule has 10 nitrogen and oxygen atoms in total. The first-order valence-corrected chi connectivity index (χ1v) is 7.36. The smallest absolute Gasteiger partial charge is 0.278 e. The maximum absolute atomic E-state index is 12.4. The van der Waals surface area contributed by atoms with Crippen LogP contribution in [0.25, 0.3) is 10.9 Å².